The van der Waals surface area contributed by atoms with Gasteiger partial charge < -0.3 is 4.74 Å². The van der Waals surface area contributed by atoms with Gasteiger partial charge >= 0.3 is 0 Å². The Morgan fingerprint density at radius 3 is 2.16 bits per heavy atom. The molecule has 0 spiro atoms. The van der Waals surface area contributed by atoms with Crippen molar-refractivity contribution < 1.29 is 4.74 Å². The largest absolute Gasteiger partial charge is 0.474 e. The molecular weight excluding hydrogens is 258 g/mol. The zero-order chi connectivity index (χ0) is 13.2. The van der Waals surface area contributed by atoms with Gasteiger partial charge in [-0.3, -0.25) is 0 Å². The molecule has 0 N–H and O–H groups in total. The van der Waals surface area contributed by atoms with Crippen LogP contribution in [0, 0.1) is 23.7 Å². The lowest BCUT2D eigenvalue weighted by Crippen LogP contribution is -2.41. The second kappa shape index (κ2) is 4.00. The molecule has 4 bridgehead atoms. The van der Waals surface area contributed by atoms with Gasteiger partial charge in [-0.2, -0.15) is 0 Å². The average molecular weight is 280 g/mol. The van der Waals surface area contributed by atoms with E-state index in [0.717, 1.165) is 28.7 Å². The minimum absolute atomic E-state index is 0.109. The molecule has 0 aromatic carbocycles. The van der Waals surface area contributed by atoms with Gasteiger partial charge in [-0.25, -0.2) is 4.99 Å². The van der Waals surface area contributed by atoms with Crippen LogP contribution in [0.1, 0.15) is 46.0 Å². The zero-order valence-corrected chi connectivity index (χ0v) is 12.5. The van der Waals surface area contributed by atoms with Crippen LogP contribution in [0.5, 0.6) is 0 Å². The summed E-state index contributed by atoms with van der Waals surface area (Å²) in [5.74, 6) is 4.10. The normalized spacial score (nSPS) is 42.3. The van der Waals surface area contributed by atoms with E-state index < -0.39 is 0 Å². The van der Waals surface area contributed by atoms with E-state index in [2.05, 4.69) is 18.8 Å². The molecule has 0 saturated heterocycles. The summed E-state index contributed by atoms with van der Waals surface area (Å²) in [4.78, 5) is 4.66. The standard InChI is InChI=1S/C16H22ClNO/c1-16(2)8-19-15(18-16)14(17)13-11-4-9-3-10(6-11)7-12(13)5-9/h9-12H,3-8H2,1-2H3. The molecule has 5 aliphatic rings. The maximum Gasteiger partial charge on any atom is 0.228 e. The monoisotopic (exact) mass is 279 g/mol. The third-order valence-corrected chi connectivity index (χ3v) is 5.81. The fourth-order valence-electron chi connectivity index (χ4n) is 4.87. The highest BCUT2D eigenvalue weighted by Gasteiger charge is 2.47. The molecule has 1 aliphatic heterocycles. The van der Waals surface area contributed by atoms with Gasteiger partial charge in [-0.1, -0.05) is 11.6 Å². The molecule has 2 nitrogen and oxygen atoms in total. The Labute approximate surface area is 120 Å². The Morgan fingerprint density at radius 1 is 1.11 bits per heavy atom. The highest BCUT2D eigenvalue weighted by molar-refractivity contribution is 6.42. The molecule has 19 heavy (non-hydrogen) atoms. The minimum Gasteiger partial charge on any atom is -0.474 e. The van der Waals surface area contributed by atoms with E-state index in [1.807, 2.05) is 0 Å². The first-order chi connectivity index (χ1) is 9.02. The summed E-state index contributed by atoms with van der Waals surface area (Å²) in [5, 5.41) is 0.861. The molecule has 5 rings (SSSR count). The summed E-state index contributed by atoms with van der Waals surface area (Å²) in [6, 6.07) is 0. The second-order valence-corrected chi connectivity index (χ2v) is 7.97. The van der Waals surface area contributed by atoms with Gasteiger partial charge in [0.15, 0.2) is 0 Å². The fourth-order valence-corrected chi connectivity index (χ4v) is 5.28. The molecular formula is C16H22ClNO. The molecule has 0 radical (unpaired) electrons. The van der Waals surface area contributed by atoms with Crippen molar-refractivity contribution in [2.45, 2.75) is 51.5 Å². The van der Waals surface area contributed by atoms with Crippen LogP contribution in [0.3, 0.4) is 0 Å². The Kier molecular flexibility index (Phi) is 2.58. The fraction of sp³-hybridized carbons (Fsp3) is 0.812. The van der Waals surface area contributed by atoms with Gasteiger partial charge in [-0.15, -0.1) is 0 Å². The van der Waals surface area contributed by atoms with Gasteiger partial charge in [0.25, 0.3) is 0 Å². The van der Waals surface area contributed by atoms with E-state index in [9.17, 15) is 0 Å². The maximum absolute atomic E-state index is 6.68. The van der Waals surface area contributed by atoms with E-state index in [0.29, 0.717) is 12.5 Å². The smallest absolute Gasteiger partial charge is 0.228 e. The summed E-state index contributed by atoms with van der Waals surface area (Å²) in [6.45, 7) is 4.86. The first-order valence-electron chi connectivity index (χ1n) is 7.64. The Hall–Kier alpha value is -0.500. The van der Waals surface area contributed by atoms with Crippen molar-refractivity contribution in [2.24, 2.45) is 28.7 Å². The number of hydrogen-bond donors (Lipinski definition) is 0. The summed E-state index contributed by atoms with van der Waals surface area (Å²) in [5.41, 5.74) is 1.38. The van der Waals surface area contributed by atoms with Gasteiger partial charge in [0.1, 0.15) is 11.6 Å². The lowest BCUT2D eigenvalue weighted by Gasteiger charge is -2.51. The highest BCUT2D eigenvalue weighted by atomic mass is 35.5. The lowest BCUT2D eigenvalue weighted by atomic mass is 9.54. The topological polar surface area (TPSA) is 21.6 Å². The molecule has 0 aromatic heterocycles. The van der Waals surface area contributed by atoms with Crippen LogP contribution in [-0.2, 0) is 4.74 Å². The summed E-state index contributed by atoms with van der Waals surface area (Å²) in [7, 11) is 0. The molecule has 104 valence electrons. The number of halogens is 1. The second-order valence-electron chi connectivity index (χ2n) is 7.59. The number of rotatable bonds is 1. The van der Waals surface area contributed by atoms with Crippen LogP contribution in [0.25, 0.3) is 0 Å². The number of hydrogen-bond acceptors (Lipinski definition) is 2. The molecule has 0 amide bonds. The van der Waals surface area contributed by atoms with Crippen molar-refractivity contribution in [3.8, 4) is 0 Å². The number of allylic oxidation sites excluding steroid dienone is 1. The Morgan fingerprint density at radius 2 is 1.68 bits per heavy atom. The third kappa shape index (κ3) is 1.94. The predicted octanol–water partition coefficient (Wildman–Crippen LogP) is 4.14. The maximum atomic E-state index is 6.68. The molecule has 0 aromatic rings. The van der Waals surface area contributed by atoms with Crippen LogP contribution in [0.2, 0.25) is 0 Å². The first-order valence-corrected chi connectivity index (χ1v) is 8.02. The van der Waals surface area contributed by atoms with Crippen LogP contribution >= 0.6 is 11.6 Å². The number of aliphatic imine (C=N–C) groups is 1. The molecule has 1 heterocycles. The lowest BCUT2D eigenvalue weighted by molar-refractivity contribution is 0.0693. The van der Waals surface area contributed by atoms with Crippen molar-refractivity contribution in [3.05, 3.63) is 10.6 Å². The van der Waals surface area contributed by atoms with Crippen LogP contribution in [0.15, 0.2) is 15.6 Å². The van der Waals surface area contributed by atoms with E-state index in [1.165, 1.54) is 37.7 Å². The van der Waals surface area contributed by atoms with Crippen molar-refractivity contribution >= 4 is 17.5 Å². The third-order valence-electron chi connectivity index (χ3n) is 5.43. The Bertz CT molecular complexity index is 447. The molecule has 4 fully saturated rings. The minimum atomic E-state index is -0.109. The van der Waals surface area contributed by atoms with E-state index in [-0.39, 0.29) is 5.54 Å². The van der Waals surface area contributed by atoms with Gasteiger partial charge in [0.05, 0.1) is 5.54 Å². The predicted molar refractivity (Wildman–Crippen MR) is 77.4 cm³/mol. The van der Waals surface area contributed by atoms with Crippen molar-refractivity contribution in [1.29, 1.82) is 0 Å². The van der Waals surface area contributed by atoms with Crippen LogP contribution < -0.4 is 0 Å². The Balaban J connectivity index is 1.69. The molecule has 0 atom stereocenters. The number of ether oxygens (including phenoxy) is 1. The number of nitrogens with zero attached hydrogens (tertiary/aromatic N) is 1. The quantitative estimate of drug-likeness (QED) is 0.707. The summed E-state index contributed by atoms with van der Waals surface area (Å²) < 4.78 is 5.75. The molecule has 4 saturated carbocycles. The summed E-state index contributed by atoms with van der Waals surface area (Å²) >= 11 is 6.68. The van der Waals surface area contributed by atoms with Gasteiger partial charge in [-0.05, 0) is 75.2 Å². The molecule has 4 aliphatic carbocycles. The van der Waals surface area contributed by atoms with Gasteiger partial charge in [0.2, 0.25) is 5.90 Å². The molecule has 0 unspecified atom stereocenters. The van der Waals surface area contributed by atoms with E-state index >= 15 is 0 Å². The first kappa shape index (κ1) is 12.3. The van der Waals surface area contributed by atoms with Crippen molar-refractivity contribution in [1.82, 2.24) is 0 Å². The molecule has 3 heteroatoms. The van der Waals surface area contributed by atoms with Crippen LogP contribution in [-0.4, -0.2) is 18.0 Å². The van der Waals surface area contributed by atoms with Gasteiger partial charge in [0, 0.05) is 0 Å². The zero-order valence-electron chi connectivity index (χ0n) is 11.8. The van der Waals surface area contributed by atoms with E-state index in [1.54, 1.807) is 0 Å². The SMILES string of the molecule is CC1(C)COC(C(Cl)=C2C3CC4CC(C3)CC2C4)=N1. The van der Waals surface area contributed by atoms with Crippen molar-refractivity contribution in [2.75, 3.05) is 6.61 Å². The van der Waals surface area contributed by atoms with E-state index in [4.69, 9.17) is 16.3 Å². The highest BCUT2D eigenvalue weighted by Crippen LogP contribution is 2.57. The summed E-state index contributed by atoms with van der Waals surface area (Å²) in [6.07, 6.45) is 6.90. The van der Waals surface area contributed by atoms with Crippen molar-refractivity contribution in [3.63, 3.8) is 0 Å². The average Bonchev–Trinajstić information content (AvgIpc) is 2.68. The van der Waals surface area contributed by atoms with Crippen LogP contribution in [0.4, 0.5) is 0 Å².